The van der Waals surface area contributed by atoms with Gasteiger partial charge in [0.05, 0.1) is 0 Å². The van der Waals surface area contributed by atoms with Gasteiger partial charge in [0.2, 0.25) is 5.91 Å². The molecule has 2 heteroatoms. The van der Waals surface area contributed by atoms with Gasteiger partial charge in [-0.25, -0.2) is 0 Å². The van der Waals surface area contributed by atoms with Gasteiger partial charge in [-0.05, 0) is 24.2 Å². The van der Waals surface area contributed by atoms with E-state index in [0.717, 1.165) is 25.8 Å². The Bertz CT molecular complexity index is 238. The van der Waals surface area contributed by atoms with Crippen LogP contribution in [0.4, 0.5) is 0 Å². The summed E-state index contributed by atoms with van der Waals surface area (Å²) in [5.41, 5.74) is 0.0506. The third-order valence-corrected chi connectivity index (χ3v) is 3.42. The lowest BCUT2D eigenvalue weighted by atomic mass is 9.79. The minimum absolute atomic E-state index is 0.196. The summed E-state index contributed by atoms with van der Waals surface area (Å²) >= 11 is 0. The Hall–Kier alpha value is -0.530. The van der Waals surface area contributed by atoms with Crippen LogP contribution >= 0.6 is 0 Å². The van der Waals surface area contributed by atoms with Crippen molar-refractivity contribution in [3.8, 4) is 0 Å². The van der Waals surface area contributed by atoms with E-state index in [1.165, 1.54) is 0 Å². The van der Waals surface area contributed by atoms with Gasteiger partial charge in [0.25, 0.3) is 0 Å². The third kappa shape index (κ3) is 7.40. The molecule has 0 saturated heterocycles. The molecule has 1 N–H and O–H groups in total. The van der Waals surface area contributed by atoms with Gasteiger partial charge in [-0.15, -0.1) is 0 Å². The van der Waals surface area contributed by atoms with E-state index < -0.39 is 0 Å². The zero-order chi connectivity index (χ0) is 13.7. The molecule has 2 nitrogen and oxygen atoms in total. The van der Waals surface area contributed by atoms with Gasteiger partial charge in [-0.2, -0.15) is 0 Å². The van der Waals surface area contributed by atoms with Crippen LogP contribution in [0.1, 0.15) is 67.7 Å². The molecule has 0 heterocycles. The highest BCUT2D eigenvalue weighted by atomic mass is 16.2. The van der Waals surface area contributed by atoms with Crippen molar-refractivity contribution in [3.05, 3.63) is 0 Å². The maximum absolute atomic E-state index is 12.1. The number of hydrogen-bond donors (Lipinski definition) is 1. The SMILES string of the molecule is CCC(C)CNC(=O)C(C)(C)CCC(C)(C)C. The maximum atomic E-state index is 12.1. The summed E-state index contributed by atoms with van der Waals surface area (Å²) in [7, 11) is 0. The predicted octanol–water partition coefficient (Wildman–Crippen LogP) is 4.00. The van der Waals surface area contributed by atoms with Crippen LogP contribution < -0.4 is 5.32 Å². The molecule has 0 aliphatic rings. The first kappa shape index (κ1) is 16.5. The van der Waals surface area contributed by atoms with E-state index >= 15 is 0 Å². The Morgan fingerprint density at radius 1 is 1.12 bits per heavy atom. The summed E-state index contributed by atoms with van der Waals surface area (Å²) in [6.07, 6.45) is 3.14. The lowest BCUT2D eigenvalue weighted by Crippen LogP contribution is -2.39. The van der Waals surface area contributed by atoms with Crippen molar-refractivity contribution in [2.45, 2.75) is 67.7 Å². The molecule has 102 valence electrons. The predicted molar refractivity (Wildman–Crippen MR) is 74.9 cm³/mol. The highest BCUT2D eigenvalue weighted by molar-refractivity contribution is 5.81. The van der Waals surface area contributed by atoms with Gasteiger partial charge in [0.1, 0.15) is 0 Å². The number of carbonyl (C=O) groups is 1. The van der Waals surface area contributed by atoms with Crippen molar-refractivity contribution < 1.29 is 4.79 Å². The number of carbonyl (C=O) groups excluding carboxylic acids is 1. The summed E-state index contributed by atoms with van der Waals surface area (Å²) in [4.78, 5) is 12.1. The van der Waals surface area contributed by atoms with Crippen molar-refractivity contribution in [1.29, 1.82) is 0 Å². The summed E-state index contributed by atoms with van der Waals surface area (Å²) < 4.78 is 0. The average molecular weight is 241 g/mol. The van der Waals surface area contributed by atoms with Crippen LogP contribution in [0.5, 0.6) is 0 Å². The average Bonchev–Trinajstić information content (AvgIpc) is 2.21. The standard InChI is InChI=1S/C15H31NO/c1-8-12(2)11-16-13(17)15(6,7)10-9-14(3,4)5/h12H,8-11H2,1-7H3,(H,16,17). The first-order valence-electron chi connectivity index (χ1n) is 6.87. The molecule has 0 aromatic rings. The van der Waals surface area contributed by atoms with Crippen LogP contribution in [0.3, 0.4) is 0 Å². The minimum Gasteiger partial charge on any atom is -0.355 e. The first-order valence-corrected chi connectivity index (χ1v) is 6.87. The van der Waals surface area contributed by atoms with Crippen molar-refractivity contribution in [1.82, 2.24) is 5.32 Å². The van der Waals surface area contributed by atoms with Crippen LogP contribution in [-0.4, -0.2) is 12.5 Å². The summed E-state index contributed by atoms with van der Waals surface area (Å²) in [6, 6.07) is 0. The number of amides is 1. The van der Waals surface area contributed by atoms with Gasteiger partial charge < -0.3 is 5.32 Å². The van der Waals surface area contributed by atoms with Crippen molar-refractivity contribution >= 4 is 5.91 Å². The van der Waals surface area contributed by atoms with Crippen molar-refractivity contribution in [2.24, 2.45) is 16.7 Å². The lowest BCUT2D eigenvalue weighted by molar-refractivity contribution is -0.130. The zero-order valence-corrected chi connectivity index (χ0v) is 12.8. The Labute approximate surface area is 108 Å². The molecule has 0 bridgehead atoms. The molecule has 1 unspecified atom stereocenters. The van der Waals surface area contributed by atoms with E-state index in [-0.39, 0.29) is 11.3 Å². The van der Waals surface area contributed by atoms with Gasteiger partial charge in [0.15, 0.2) is 0 Å². The molecule has 0 spiro atoms. The van der Waals surface area contributed by atoms with Gasteiger partial charge in [0, 0.05) is 12.0 Å². The van der Waals surface area contributed by atoms with Crippen LogP contribution in [0, 0.1) is 16.7 Å². The third-order valence-electron chi connectivity index (χ3n) is 3.42. The van der Waals surface area contributed by atoms with E-state index in [0.29, 0.717) is 11.3 Å². The van der Waals surface area contributed by atoms with E-state index in [1.54, 1.807) is 0 Å². The number of hydrogen-bond acceptors (Lipinski definition) is 1. The second-order valence-corrected chi connectivity index (χ2v) is 7.17. The molecule has 0 aromatic heterocycles. The summed E-state index contributed by atoms with van der Waals surface area (Å²) in [6.45, 7) is 15.9. The van der Waals surface area contributed by atoms with Gasteiger partial charge >= 0.3 is 0 Å². The molecule has 0 rings (SSSR count). The molecular formula is C15H31NO. The molecule has 1 amide bonds. The van der Waals surface area contributed by atoms with E-state index in [9.17, 15) is 4.79 Å². The van der Waals surface area contributed by atoms with Crippen molar-refractivity contribution in [3.63, 3.8) is 0 Å². The Morgan fingerprint density at radius 3 is 2.06 bits per heavy atom. The zero-order valence-electron chi connectivity index (χ0n) is 12.8. The fourth-order valence-corrected chi connectivity index (χ4v) is 1.45. The highest BCUT2D eigenvalue weighted by Gasteiger charge is 2.29. The fourth-order valence-electron chi connectivity index (χ4n) is 1.45. The lowest BCUT2D eigenvalue weighted by Gasteiger charge is -2.28. The topological polar surface area (TPSA) is 29.1 Å². The second kappa shape index (κ2) is 6.42. The fraction of sp³-hybridized carbons (Fsp3) is 0.933. The van der Waals surface area contributed by atoms with Crippen LogP contribution in [0.2, 0.25) is 0 Å². The second-order valence-electron chi connectivity index (χ2n) is 7.17. The summed E-state index contributed by atoms with van der Waals surface area (Å²) in [5, 5.41) is 3.07. The Balaban J connectivity index is 4.16. The van der Waals surface area contributed by atoms with E-state index in [1.807, 2.05) is 13.8 Å². The van der Waals surface area contributed by atoms with Gasteiger partial charge in [-0.3, -0.25) is 4.79 Å². The molecule has 17 heavy (non-hydrogen) atoms. The largest absolute Gasteiger partial charge is 0.355 e. The Kier molecular flexibility index (Phi) is 6.22. The van der Waals surface area contributed by atoms with Crippen LogP contribution in [0.15, 0.2) is 0 Å². The molecule has 0 aromatic carbocycles. The molecule has 0 fully saturated rings. The normalized spacial score (nSPS) is 14.5. The molecule has 0 aliphatic carbocycles. The minimum atomic E-state index is -0.249. The quantitative estimate of drug-likeness (QED) is 0.748. The molecule has 0 radical (unpaired) electrons. The smallest absolute Gasteiger partial charge is 0.225 e. The number of nitrogens with one attached hydrogen (secondary N) is 1. The molecule has 0 aliphatic heterocycles. The molecular weight excluding hydrogens is 210 g/mol. The molecule has 0 saturated carbocycles. The van der Waals surface area contributed by atoms with Gasteiger partial charge in [-0.1, -0.05) is 54.9 Å². The van der Waals surface area contributed by atoms with Crippen LogP contribution in [0.25, 0.3) is 0 Å². The monoisotopic (exact) mass is 241 g/mol. The number of rotatable bonds is 6. The van der Waals surface area contributed by atoms with E-state index in [2.05, 4.69) is 39.9 Å². The molecule has 1 atom stereocenters. The highest BCUT2D eigenvalue weighted by Crippen LogP contribution is 2.30. The summed E-state index contributed by atoms with van der Waals surface area (Å²) in [5.74, 6) is 0.763. The Morgan fingerprint density at radius 2 is 1.65 bits per heavy atom. The maximum Gasteiger partial charge on any atom is 0.225 e. The van der Waals surface area contributed by atoms with Crippen molar-refractivity contribution in [2.75, 3.05) is 6.54 Å². The van der Waals surface area contributed by atoms with Crippen LogP contribution in [-0.2, 0) is 4.79 Å². The first-order chi connectivity index (χ1) is 7.58. The van der Waals surface area contributed by atoms with E-state index in [4.69, 9.17) is 0 Å².